The maximum Gasteiger partial charge on any atom is 0.248 e. The SMILES string of the molecule is ClC(Cl)(Cl)c1ncc(-c2ccccc2)[nH]1. The predicted molar refractivity (Wildman–Crippen MR) is 63.3 cm³/mol. The Kier molecular flexibility index (Phi) is 2.91. The van der Waals surface area contributed by atoms with Gasteiger partial charge in [0.15, 0.2) is 5.82 Å². The van der Waals surface area contributed by atoms with Crippen molar-refractivity contribution in [2.24, 2.45) is 0 Å². The molecule has 1 N–H and O–H groups in total. The molecule has 0 fully saturated rings. The number of H-pyrrole nitrogens is 1. The zero-order chi connectivity index (χ0) is 10.9. The summed E-state index contributed by atoms with van der Waals surface area (Å²) in [6, 6.07) is 9.72. The van der Waals surface area contributed by atoms with E-state index in [1.54, 1.807) is 6.20 Å². The first kappa shape index (κ1) is 10.8. The van der Waals surface area contributed by atoms with Crippen LogP contribution < -0.4 is 0 Å². The Morgan fingerprint density at radius 2 is 1.73 bits per heavy atom. The van der Waals surface area contributed by atoms with E-state index in [0.717, 1.165) is 11.3 Å². The molecule has 78 valence electrons. The largest absolute Gasteiger partial charge is 0.338 e. The third-order valence-electron chi connectivity index (χ3n) is 1.93. The zero-order valence-electron chi connectivity index (χ0n) is 7.55. The van der Waals surface area contributed by atoms with E-state index in [4.69, 9.17) is 34.8 Å². The Balaban J connectivity index is 2.37. The summed E-state index contributed by atoms with van der Waals surface area (Å²) in [5.41, 5.74) is 1.84. The molecule has 0 spiro atoms. The Hall–Kier alpha value is -0.700. The number of alkyl halides is 3. The Bertz CT molecular complexity index is 445. The van der Waals surface area contributed by atoms with Crippen LogP contribution in [0.1, 0.15) is 5.82 Å². The number of aromatic amines is 1. The number of benzene rings is 1. The van der Waals surface area contributed by atoms with Gasteiger partial charge in [0.05, 0.1) is 11.9 Å². The summed E-state index contributed by atoms with van der Waals surface area (Å²) < 4.78 is -1.51. The van der Waals surface area contributed by atoms with Crippen LogP contribution in [0.4, 0.5) is 0 Å². The lowest BCUT2D eigenvalue weighted by molar-refractivity contribution is 1.03. The Labute approximate surface area is 102 Å². The van der Waals surface area contributed by atoms with Crippen molar-refractivity contribution in [1.29, 1.82) is 0 Å². The molecule has 1 heterocycles. The standard InChI is InChI=1S/C10H7Cl3N2/c11-10(12,13)9-14-6-8(15-9)7-4-2-1-3-5-7/h1-6H,(H,14,15). The van der Waals surface area contributed by atoms with Crippen LogP contribution in [-0.4, -0.2) is 9.97 Å². The van der Waals surface area contributed by atoms with Gasteiger partial charge in [-0.25, -0.2) is 4.98 Å². The molecular weight excluding hydrogens is 254 g/mol. The van der Waals surface area contributed by atoms with E-state index in [1.807, 2.05) is 30.3 Å². The third-order valence-corrected chi connectivity index (χ3v) is 2.47. The summed E-state index contributed by atoms with van der Waals surface area (Å²) in [6.45, 7) is 0. The lowest BCUT2D eigenvalue weighted by Gasteiger charge is -2.05. The smallest absolute Gasteiger partial charge is 0.248 e. The number of nitrogens with one attached hydrogen (secondary N) is 1. The van der Waals surface area contributed by atoms with Crippen LogP contribution in [0.25, 0.3) is 11.3 Å². The lowest BCUT2D eigenvalue weighted by atomic mass is 10.2. The number of hydrogen-bond acceptors (Lipinski definition) is 1. The number of nitrogens with zero attached hydrogens (tertiary/aromatic N) is 1. The average molecular weight is 262 g/mol. The number of halogens is 3. The van der Waals surface area contributed by atoms with Gasteiger partial charge >= 0.3 is 0 Å². The summed E-state index contributed by atoms with van der Waals surface area (Å²) in [7, 11) is 0. The maximum atomic E-state index is 5.70. The molecule has 0 aliphatic heterocycles. The van der Waals surface area contributed by atoms with Crippen LogP contribution in [0, 0.1) is 0 Å². The van der Waals surface area contributed by atoms with Crippen molar-refractivity contribution in [3.63, 3.8) is 0 Å². The normalized spacial score (nSPS) is 11.7. The van der Waals surface area contributed by atoms with E-state index in [-0.39, 0.29) is 0 Å². The van der Waals surface area contributed by atoms with E-state index < -0.39 is 3.79 Å². The fraction of sp³-hybridized carbons (Fsp3) is 0.100. The minimum atomic E-state index is -1.51. The summed E-state index contributed by atoms with van der Waals surface area (Å²) in [6.07, 6.45) is 1.65. The molecule has 0 radical (unpaired) electrons. The minimum absolute atomic E-state index is 0.325. The first-order valence-electron chi connectivity index (χ1n) is 4.25. The molecule has 0 unspecified atom stereocenters. The summed E-state index contributed by atoms with van der Waals surface area (Å²) in [5, 5.41) is 0. The van der Waals surface area contributed by atoms with Crippen LogP contribution in [0.3, 0.4) is 0 Å². The van der Waals surface area contributed by atoms with Crippen LogP contribution in [-0.2, 0) is 3.79 Å². The van der Waals surface area contributed by atoms with Gasteiger partial charge in [-0.3, -0.25) is 0 Å². The quantitative estimate of drug-likeness (QED) is 0.775. The zero-order valence-corrected chi connectivity index (χ0v) is 9.81. The van der Waals surface area contributed by atoms with Gasteiger partial charge in [-0.2, -0.15) is 0 Å². The second-order valence-electron chi connectivity index (χ2n) is 3.01. The molecule has 0 aliphatic rings. The molecule has 0 bridgehead atoms. The van der Waals surface area contributed by atoms with Gasteiger partial charge in [0.25, 0.3) is 0 Å². The van der Waals surface area contributed by atoms with Crippen LogP contribution in [0.15, 0.2) is 36.5 Å². The molecule has 0 aliphatic carbocycles. The third kappa shape index (κ3) is 2.46. The number of aromatic nitrogens is 2. The fourth-order valence-electron chi connectivity index (χ4n) is 1.23. The van der Waals surface area contributed by atoms with Crippen molar-refractivity contribution < 1.29 is 0 Å². The highest BCUT2D eigenvalue weighted by Crippen LogP contribution is 2.36. The molecule has 0 amide bonds. The van der Waals surface area contributed by atoms with Crippen molar-refractivity contribution in [3.8, 4) is 11.3 Å². The second kappa shape index (κ2) is 4.05. The summed E-state index contributed by atoms with van der Waals surface area (Å²) in [5.74, 6) is 0.325. The molecule has 2 aromatic rings. The fourth-order valence-corrected chi connectivity index (χ4v) is 1.52. The van der Waals surface area contributed by atoms with E-state index in [2.05, 4.69) is 9.97 Å². The molecule has 0 saturated heterocycles. The van der Waals surface area contributed by atoms with Gasteiger partial charge in [0, 0.05) is 0 Å². The first-order chi connectivity index (χ1) is 7.07. The first-order valence-corrected chi connectivity index (χ1v) is 5.38. The highest BCUT2D eigenvalue weighted by Gasteiger charge is 2.26. The highest BCUT2D eigenvalue weighted by molar-refractivity contribution is 6.66. The van der Waals surface area contributed by atoms with Crippen molar-refractivity contribution in [1.82, 2.24) is 9.97 Å². The molecule has 1 aromatic carbocycles. The van der Waals surface area contributed by atoms with E-state index in [1.165, 1.54) is 0 Å². The molecular formula is C10H7Cl3N2. The number of rotatable bonds is 1. The van der Waals surface area contributed by atoms with E-state index in [9.17, 15) is 0 Å². The maximum absolute atomic E-state index is 5.70. The van der Waals surface area contributed by atoms with Crippen molar-refractivity contribution in [2.45, 2.75) is 3.79 Å². The average Bonchev–Trinajstić information content (AvgIpc) is 2.67. The van der Waals surface area contributed by atoms with E-state index >= 15 is 0 Å². The van der Waals surface area contributed by atoms with Gasteiger partial charge in [0.2, 0.25) is 3.79 Å². The molecule has 0 atom stereocenters. The minimum Gasteiger partial charge on any atom is -0.338 e. The van der Waals surface area contributed by atoms with Gasteiger partial charge in [-0.1, -0.05) is 65.1 Å². The van der Waals surface area contributed by atoms with Gasteiger partial charge in [-0.15, -0.1) is 0 Å². The van der Waals surface area contributed by atoms with Gasteiger partial charge in [-0.05, 0) is 5.56 Å². The topological polar surface area (TPSA) is 28.7 Å². The number of hydrogen-bond donors (Lipinski definition) is 1. The molecule has 15 heavy (non-hydrogen) atoms. The molecule has 5 heteroatoms. The van der Waals surface area contributed by atoms with Crippen LogP contribution >= 0.6 is 34.8 Å². The van der Waals surface area contributed by atoms with Crippen molar-refractivity contribution >= 4 is 34.8 Å². The van der Waals surface area contributed by atoms with Gasteiger partial charge in [0.1, 0.15) is 0 Å². The Morgan fingerprint density at radius 3 is 2.27 bits per heavy atom. The van der Waals surface area contributed by atoms with Crippen molar-refractivity contribution in [3.05, 3.63) is 42.4 Å². The van der Waals surface area contributed by atoms with Gasteiger partial charge < -0.3 is 4.98 Å². The monoisotopic (exact) mass is 260 g/mol. The number of imidazole rings is 1. The molecule has 0 saturated carbocycles. The summed E-state index contributed by atoms with van der Waals surface area (Å²) >= 11 is 17.1. The van der Waals surface area contributed by atoms with Crippen LogP contribution in [0.2, 0.25) is 0 Å². The van der Waals surface area contributed by atoms with Crippen LogP contribution in [0.5, 0.6) is 0 Å². The lowest BCUT2D eigenvalue weighted by Crippen LogP contribution is -2.02. The Morgan fingerprint density at radius 1 is 1.07 bits per heavy atom. The molecule has 2 rings (SSSR count). The molecule has 2 nitrogen and oxygen atoms in total. The second-order valence-corrected chi connectivity index (χ2v) is 5.29. The van der Waals surface area contributed by atoms with Crippen molar-refractivity contribution in [2.75, 3.05) is 0 Å². The highest BCUT2D eigenvalue weighted by atomic mass is 35.6. The summed E-state index contributed by atoms with van der Waals surface area (Å²) in [4.78, 5) is 6.97. The predicted octanol–water partition coefficient (Wildman–Crippen LogP) is 3.90. The van der Waals surface area contributed by atoms with E-state index in [0.29, 0.717) is 5.82 Å². The molecule has 1 aromatic heterocycles.